The molecule has 0 radical (unpaired) electrons. The average Bonchev–Trinajstić information content (AvgIpc) is 2.90. The topological polar surface area (TPSA) is 93.1 Å². The number of Topliss-reactive ketones (excluding diaryl/α,β-unsaturated/α-hetero) is 2. The fourth-order valence-electron chi connectivity index (χ4n) is 5.77. The van der Waals surface area contributed by atoms with E-state index in [-0.39, 0.29) is 18.1 Å². The highest BCUT2D eigenvalue weighted by Gasteiger charge is 2.44. The Labute approximate surface area is 245 Å². The summed E-state index contributed by atoms with van der Waals surface area (Å²) in [5, 5.41) is 10.3. The van der Waals surface area contributed by atoms with Crippen molar-refractivity contribution in [1.29, 1.82) is 0 Å². The minimum Gasteiger partial charge on any atom is -0.490 e. The van der Waals surface area contributed by atoms with Crippen LogP contribution in [0.4, 0.5) is 0 Å². The van der Waals surface area contributed by atoms with Gasteiger partial charge in [-0.25, -0.2) is 0 Å². The van der Waals surface area contributed by atoms with Crippen molar-refractivity contribution in [1.82, 2.24) is 4.90 Å². The standard InChI is InChI=1S/C30H29ClINO6/c1-2-38-25-14-18(13-20(32)30(25)39-16-17-9-11-19(31)12-10-17)27-28-21(5-3-7-23(28)34)33(15-26(36)37)22-6-4-8-24(35)29(22)27/h9-14,27H,2-8,15-16H2,1H3,(H,36,37). The fourth-order valence-corrected chi connectivity index (χ4v) is 6.68. The Bertz CT molecular complexity index is 1350. The normalized spacial score (nSPS) is 17.8. The monoisotopic (exact) mass is 661 g/mol. The smallest absolute Gasteiger partial charge is 0.323 e. The summed E-state index contributed by atoms with van der Waals surface area (Å²) >= 11 is 8.22. The van der Waals surface area contributed by atoms with Crippen LogP contribution in [0.2, 0.25) is 5.02 Å². The molecule has 0 atom stereocenters. The molecular formula is C30H29ClINO6. The number of nitrogens with zero attached hydrogens (tertiary/aromatic N) is 1. The van der Waals surface area contributed by atoms with E-state index in [4.69, 9.17) is 21.1 Å². The summed E-state index contributed by atoms with van der Waals surface area (Å²) in [4.78, 5) is 40.4. The second kappa shape index (κ2) is 11.7. The lowest BCUT2D eigenvalue weighted by atomic mass is 9.71. The van der Waals surface area contributed by atoms with Gasteiger partial charge in [0.2, 0.25) is 0 Å². The van der Waals surface area contributed by atoms with Crippen LogP contribution in [0.1, 0.15) is 62.5 Å². The number of aliphatic carboxylic acids is 1. The van der Waals surface area contributed by atoms with E-state index in [1.54, 1.807) is 4.90 Å². The first-order valence-corrected chi connectivity index (χ1v) is 14.6. The first-order chi connectivity index (χ1) is 18.8. The maximum atomic E-state index is 13.4. The van der Waals surface area contributed by atoms with Crippen molar-refractivity contribution in [3.8, 4) is 11.5 Å². The highest BCUT2D eigenvalue weighted by molar-refractivity contribution is 14.1. The zero-order chi connectivity index (χ0) is 27.7. The number of allylic oxidation sites excluding steroid dienone is 4. The molecule has 7 nitrogen and oxygen atoms in total. The number of benzene rings is 2. The fraction of sp³-hybridized carbons (Fsp3) is 0.367. The molecule has 5 rings (SSSR count). The van der Waals surface area contributed by atoms with Gasteiger partial charge in [-0.15, -0.1) is 0 Å². The molecule has 2 aliphatic carbocycles. The molecule has 39 heavy (non-hydrogen) atoms. The largest absolute Gasteiger partial charge is 0.490 e. The second-order valence-corrected chi connectivity index (χ2v) is 11.5. The van der Waals surface area contributed by atoms with Crippen molar-refractivity contribution >= 4 is 51.7 Å². The van der Waals surface area contributed by atoms with Crippen LogP contribution in [0.25, 0.3) is 0 Å². The summed E-state index contributed by atoms with van der Waals surface area (Å²) in [5.41, 5.74) is 4.31. The third-order valence-electron chi connectivity index (χ3n) is 7.34. The number of carbonyl (C=O) groups is 3. The zero-order valence-corrected chi connectivity index (χ0v) is 24.5. The molecule has 2 aromatic rings. The average molecular weight is 662 g/mol. The molecule has 0 saturated heterocycles. The van der Waals surface area contributed by atoms with Crippen LogP contribution in [0.5, 0.6) is 11.5 Å². The van der Waals surface area contributed by atoms with Gasteiger partial charge in [0.15, 0.2) is 23.1 Å². The van der Waals surface area contributed by atoms with Gasteiger partial charge in [0.25, 0.3) is 0 Å². The molecule has 204 valence electrons. The first kappa shape index (κ1) is 27.7. The molecule has 0 bridgehead atoms. The first-order valence-electron chi connectivity index (χ1n) is 13.1. The Kier molecular flexibility index (Phi) is 8.32. The summed E-state index contributed by atoms with van der Waals surface area (Å²) in [6, 6.07) is 11.3. The van der Waals surface area contributed by atoms with Crippen LogP contribution in [0.3, 0.4) is 0 Å². The maximum absolute atomic E-state index is 13.4. The van der Waals surface area contributed by atoms with Crippen LogP contribution >= 0.6 is 34.2 Å². The summed E-state index contributed by atoms with van der Waals surface area (Å²) in [6.07, 6.45) is 3.29. The quantitative estimate of drug-likeness (QED) is 0.327. The Morgan fingerprint density at radius 2 is 1.62 bits per heavy atom. The number of ketones is 2. The van der Waals surface area contributed by atoms with E-state index < -0.39 is 11.9 Å². The van der Waals surface area contributed by atoms with Gasteiger partial charge in [-0.2, -0.15) is 0 Å². The van der Waals surface area contributed by atoms with Gasteiger partial charge in [-0.1, -0.05) is 23.7 Å². The van der Waals surface area contributed by atoms with E-state index in [1.165, 1.54) is 0 Å². The highest BCUT2D eigenvalue weighted by atomic mass is 127. The van der Waals surface area contributed by atoms with Gasteiger partial charge in [-0.3, -0.25) is 14.4 Å². The van der Waals surface area contributed by atoms with Crippen molar-refractivity contribution in [2.45, 2.75) is 58.0 Å². The van der Waals surface area contributed by atoms with E-state index in [1.807, 2.05) is 43.3 Å². The zero-order valence-electron chi connectivity index (χ0n) is 21.6. The lowest BCUT2D eigenvalue weighted by Crippen LogP contribution is -2.41. The van der Waals surface area contributed by atoms with Crippen molar-refractivity contribution in [3.05, 3.63) is 78.7 Å². The van der Waals surface area contributed by atoms with Crippen molar-refractivity contribution < 1.29 is 29.0 Å². The molecule has 0 aromatic heterocycles. The van der Waals surface area contributed by atoms with Crippen molar-refractivity contribution in [3.63, 3.8) is 0 Å². The number of halogens is 2. The number of carbonyl (C=O) groups excluding carboxylic acids is 2. The third kappa shape index (κ3) is 5.59. The molecule has 0 spiro atoms. The number of carboxylic acids is 1. The summed E-state index contributed by atoms with van der Waals surface area (Å²) in [6.45, 7) is 2.36. The highest BCUT2D eigenvalue weighted by Crippen LogP contribution is 2.50. The van der Waals surface area contributed by atoms with Gasteiger partial charge in [-0.05, 0) is 90.6 Å². The van der Waals surface area contributed by atoms with E-state index in [9.17, 15) is 19.5 Å². The second-order valence-electron chi connectivity index (χ2n) is 9.87. The van der Waals surface area contributed by atoms with Crippen LogP contribution in [0.15, 0.2) is 58.9 Å². The van der Waals surface area contributed by atoms with Crippen molar-refractivity contribution in [2.24, 2.45) is 0 Å². The molecule has 1 aliphatic heterocycles. The molecule has 3 aliphatic rings. The molecule has 0 fully saturated rings. The molecule has 2 aromatic carbocycles. The number of hydrogen-bond donors (Lipinski definition) is 1. The van der Waals surface area contributed by atoms with Crippen LogP contribution in [-0.4, -0.2) is 40.7 Å². The number of ether oxygens (including phenoxy) is 2. The molecule has 1 N–H and O–H groups in total. The van der Waals surface area contributed by atoms with Gasteiger partial charge in [0, 0.05) is 46.3 Å². The minimum atomic E-state index is -0.987. The van der Waals surface area contributed by atoms with Gasteiger partial charge >= 0.3 is 5.97 Å². The van der Waals surface area contributed by atoms with E-state index in [0.29, 0.717) is 79.4 Å². The Morgan fingerprint density at radius 3 is 2.18 bits per heavy atom. The minimum absolute atomic E-state index is 0.0300. The molecule has 0 amide bonds. The Balaban J connectivity index is 1.61. The van der Waals surface area contributed by atoms with E-state index in [2.05, 4.69) is 22.6 Å². The SMILES string of the molecule is CCOc1cc(C2C3=C(CCCC3=O)N(CC(=O)O)C3=C2C(=O)CCC3)cc(I)c1OCc1ccc(Cl)cc1. The maximum Gasteiger partial charge on any atom is 0.323 e. The van der Waals surface area contributed by atoms with E-state index >= 15 is 0 Å². The summed E-state index contributed by atoms with van der Waals surface area (Å²) < 4.78 is 13.0. The number of hydrogen-bond acceptors (Lipinski definition) is 6. The number of carboxylic acid groups (broad SMARTS) is 1. The lowest BCUT2D eigenvalue weighted by Gasteiger charge is -2.43. The Morgan fingerprint density at radius 1 is 1.00 bits per heavy atom. The summed E-state index contributed by atoms with van der Waals surface area (Å²) in [7, 11) is 0. The number of rotatable bonds is 8. The molecule has 0 saturated carbocycles. The Hall–Kier alpha value is -2.85. The van der Waals surface area contributed by atoms with Crippen LogP contribution in [-0.2, 0) is 21.0 Å². The molecule has 9 heteroatoms. The van der Waals surface area contributed by atoms with Crippen LogP contribution < -0.4 is 9.47 Å². The molecule has 1 heterocycles. The van der Waals surface area contributed by atoms with Gasteiger partial charge in [0.05, 0.1) is 10.2 Å². The van der Waals surface area contributed by atoms with Crippen molar-refractivity contribution in [2.75, 3.05) is 13.2 Å². The van der Waals surface area contributed by atoms with Gasteiger partial charge < -0.3 is 19.5 Å². The predicted octanol–water partition coefficient (Wildman–Crippen LogP) is 6.42. The van der Waals surface area contributed by atoms with Gasteiger partial charge in [0.1, 0.15) is 13.2 Å². The molecular weight excluding hydrogens is 633 g/mol. The summed E-state index contributed by atoms with van der Waals surface area (Å²) in [5.74, 6) is -0.475. The van der Waals surface area contributed by atoms with Crippen LogP contribution in [0, 0.1) is 3.57 Å². The lowest BCUT2D eigenvalue weighted by molar-refractivity contribution is -0.138. The third-order valence-corrected chi connectivity index (χ3v) is 8.39. The predicted molar refractivity (Wildman–Crippen MR) is 155 cm³/mol. The van der Waals surface area contributed by atoms with E-state index in [0.717, 1.165) is 26.1 Å². The molecule has 0 unspecified atom stereocenters.